The second-order valence-electron chi connectivity index (χ2n) is 12.4. The van der Waals surface area contributed by atoms with Crippen LogP contribution in [-0.4, -0.2) is 94.2 Å². The zero-order chi connectivity index (χ0) is 29.3. The Morgan fingerprint density at radius 1 is 1.12 bits per heavy atom. The van der Waals surface area contributed by atoms with Crippen molar-refractivity contribution < 1.29 is 33.8 Å². The summed E-state index contributed by atoms with van der Waals surface area (Å²) >= 11 is 0. The second kappa shape index (κ2) is 12.3. The molecule has 1 spiro atoms. The molecule has 2 N–H and O–H groups in total. The van der Waals surface area contributed by atoms with Gasteiger partial charge < -0.3 is 29.7 Å². The van der Waals surface area contributed by atoms with Gasteiger partial charge >= 0.3 is 5.97 Å². The number of amides is 3. The summed E-state index contributed by atoms with van der Waals surface area (Å²) in [6.07, 6.45) is 12.6. The molecule has 0 radical (unpaired) electrons. The van der Waals surface area contributed by atoms with Crippen LogP contribution in [0.2, 0.25) is 0 Å². The van der Waals surface area contributed by atoms with Gasteiger partial charge in [-0.15, -0.1) is 0 Å². The SMILES string of the molecule is CC[C@H](C)[C@H](CO)N1C(=O)[C@@H]2[C@H]3C(=O)O[C@@H](C)CNC(=O)CC/C=C\CN(C4CCCCC4)C(=O)[C@@H]1[C@]21C=C[C@H]3O1. The minimum absolute atomic E-state index is 0.0130. The topological polar surface area (TPSA) is 125 Å². The zero-order valence-corrected chi connectivity index (χ0v) is 24.5. The van der Waals surface area contributed by atoms with Crippen molar-refractivity contribution in [1.82, 2.24) is 15.1 Å². The summed E-state index contributed by atoms with van der Waals surface area (Å²) < 4.78 is 12.2. The fraction of sp³-hybridized carbons (Fsp3) is 0.742. The molecule has 226 valence electrons. The Balaban J connectivity index is 1.60. The van der Waals surface area contributed by atoms with Crippen molar-refractivity contribution in [1.29, 1.82) is 0 Å². The van der Waals surface area contributed by atoms with E-state index in [0.717, 1.165) is 32.1 Å². The molecule has 5 aliphatic rings. The monoisotopic (exact) mass is 571 g/mol. The summed E-state index contributed by atoms with van der Waals surface area (Å²) in [5.74, 6) is -3.21. The molecule has 8 atom stereocenters. The van der Waals surface area contributed by atoms with Crippen LogP contribution in [0, 0.1) is 17.8 Å². The second-order valence-corrected chi connectivity index (χ2v) is 12.4. The Bertz CT molecular complexity index is 1090. The maximum atomic E-state index is 14.8. The van der Waals surface area contributed by atoms with Crippen molar-refractivity contribution in [2.75, 3.05) is 19.7 Å². The fourth-order valence-corrected chi connectivity index (χ4v) is 7.48. The van der Waals surface area contributed by atoms with Crippen molar-refractivity contribution in [2.45, 2.75) is 108 Å². The number of allylic oxidation sites excluding steroid dienone is 1. The Kier molecular flexibility index (Phi) is 8.90. The third-order valence-electron chi connectivity index (χ3n) is 9.87. The average Bonchev–Trinajstić information content (AvgIpc) is 3.61. The molecular weight excluding hydrogens is 526 g/mol. The highest BCUT2D eigenvalue weighted by Gasteiger charge is 2.74. The first kappa shape index (κ1) is 29.8. The van der Waals surface area contributed by atoms with E-state index in [1.165, 1.54) is 0 Å². The Morgan fingerprint density at radius 2 is 1.88 bits per heavy atom. The number of aliphatic hydroxyl groups is 1. The first-order valence-electron chi connectivity index (χ1n) is 15.5. The van der Waals surface area contributed by atoms with E-state index in [1.54, 1.807) is 17.9 Å². The molecule has 10 nitrogen and oxygen atoms in total. The Morgan fingerprint density at radius 3 is 2.59 bits per heavy atom. The summed E-state index contributed by atoms with van der Waals surface area (Å²) in [6, 6.07) is -1.59. The quantitative estimate of drug-likeness (QED) is 0.382. The van der Waals surface area contributed by atoms with Crippen LogP contribution in [0.25, 0.3) is 0 Å². The zero-order valence-electron chi connectivity index (χ0n) is 24.5. The van der Waals surface area contributed by atoms with E-state index in [4.69, 9.17) is 9.47 Å². The van der Waals surface area contributed by atoms with Crippen LogP contribution in [-0.2, 0) is 28.7 Å². The maximum absolute atomic E-state index is 14.8. The molecule has 0 aromatic rings. The van der Waals surface area contributed by atoms with Crippen LogP contribution in [0.15, 0.2) is 24.3 Å². The molecule has 10 heteroatoms. The number of carbonyl (C=O) groups excluding carboxylic acids is 4. The van der Waals surface area contributed by atoms with Crippen LogP contribution in [0.3, 0.4) is 0 Å². The molecule has 0 aromatic carbocycles. The molecule has 3 amide bonds. The van der Waals surface area contributed by atoms with Crippen LogP contribution >= 0.6 is 0 Å². The number of hydrogen-bond acceptors (Lipinski definition) is 7. The summed E-state index contributed by atoms with van der Waals surface area (Å²) in [7, 11) is 0. The average molecular weight is 572 g/mol. The maximum Gasteiger partial charge on any atom is 0.313 e. The number of ether oxygens (including phenoxy) is 2. The smallest absolute Gasteiger partial charge is 0.313 e. The molecule has 0 unspecified atom stereocenters. The van der Waals surface area contributed by atoms with Crippen molar-refractivity contribution in [3.63, 3.8) is 0 Å². The molecule has 0 aromatic heterocycles. The van der Waals surface area contributed by atoms with E-state index in [0.29, 0.717) is 25.8 Å². The summed E-state index contributed by atoms with van der Waals surface area (Å²) in [4.78, 5) is 58.6. The van der Waals surface area contributed by atoms with Crippen molar-refractivity contribution in [3.8, 4) is 0 Å². The van der Waals surface area contributed by atoms with Crippen molar-refractivity contribution >= 4 is 23.7 Å². The normalized spacial score (nSPS) is 37.1. The molecule has 3 fully saturated rings. The first-order valence-corrected chi connectivity index (χ1v) is 15.5. The molecular formula is C31H45N3O7. The number of likely N-dealkylation sites (tertiary alicyclic amines) is 1. The van der Waals surface area contributed by atoms with E-state index in [1.807, 2.05) is 37.0 Å². The first-order chi connectivity index (χ1) is 19.7. The highest BCUT2D eigenvalue weighted by Crippen LogP contribution is 2.56. The molecule has 5 bridgehead atoms. The van der Waals surface area contributed by atoms with Gasteiger partial charge in [-0.2, -0.15) is 0 Å². The van der Waals surface area contributed by atoms with Crippen molar-refractivity contribution in [2.24, 2.45) is 17.8 Å². The predicted molar refractivity (Wildman–Crippen MR) is 150 cm³/mol. The van der Waals surface area contributed by atoms with Gasteiger partial charge in [0.25, 0.3) is 0 Å². The lowest BCUT2D eigenvalue weighted by molar-refractivity contribution is -0.160. The molecule has 5 rings (SSSR count). The number of nitrogens with one attached hydrogen (secondary N) is 1. The van der Waals surface area contributed by atoms with Gasteiger partial charge in [0, 0.05) is 19.0 Å². The molecule has 2 saturated heterocycles. The minimum atomic E-state index is -1.31. The third kappa shape index (κ3) is 5.33. The summed E-state index contributed by atoms with van der Waals surface area (Å²) in [5.41, 5.74) is -1.31. The Labute approximate surface area is 242 Å². The largest absolute Gasteiger partial charge is 0.460 e. The molecule has 1 saturated carbocycles. The van der Waals surface area contributed by atoms with Gasteiger partial charge in [-0.3, -0.25) is 19.2 Å². The molecule has 1 aliphatic carbocycles. The minimum Gasteiger partial charge on any atom is -0.460 e. The van der Waals surface area contributed by atoms with Crippen LogP contribution in [0.5, 0.6) is 0 Å². The van der Waals surface area contributed by atoms with E-state index in [9.17, 15) is 24.3 Å². The van der Waals surface area contributed by atoms with Crippen molar-refractivity contribution in [3.05, 3.63) is 24.3 Å². The molecule has 4 aliphatic heterocycles. The number of fused-ring (bicyclic) bond motifs is 2. The lowest BCUT2D eigenvalue weighted by atomic mass is 9.74. The number of nitrogens with zero attached hydrogens (tertiary/aromatic N) is 2. The van der Waals surface area contributed by atoms with Gasteiger partial charge in [0.15, 0.2) is 0 Å². The van der Waals surface area contributed by atoms with E-state index in [-0.39, 0.29) is 42.8 Å². The van der Waals surface area contributed by atoms with Gasteiger partial charge in [-0.05, 0) is 32.1 Å². The number of carbonyl (C=O) groups is 4. The van der Waals surface area contributed by atoms with Gasteiger partial charge in [0.2, 0.25) is 17.7 Å². The lowest BCUT2D eigenvalue weighted by Crippen LogP contribution is -2.61. The van der Waals surface area contributed by atoms with Gasteiger partial charge in [-0.1, -0.05) is 63.8 Å². The summed E-state index contributed by atoms with van der Waals surface area (Å²) in [6.45, 7) is 5.89. The van der Waals surface area contributed by atoms with E-state index in [2.05, 4.69) is 5.32 Å². The van der Waals surface area contributed by atoms with Crippen LogP contribution < -0.4 is 5.32 Å². The summed E-state index contributed by atoms with van der Waals surface area (Å²) in [5, 5.41) is 13.4. The number of aliphatic hydroxyl groups excluding tert-OH is 1. The number of hydrogen-bond donors (Lipinski definition) is 2. The van der Waals surface area contributed by atoms with Gasteiger partial charge in [0.1, 0.15) is 23.7 Å². The van der Waals surface area contributed by atoms with E-state index < -0.39 is 47.7 Å². The standard InChI is InChI=1S/C31H45N3O7/c1-4-19(2)22(18-35)34-27-29(38)33(21-11-7-5-8-12-21)16-10-6-9-13-24(36)32-17-20(3)40-30(39)25-23-14-15-31(27,41-23)26(25)28(34)37/h6,10,14-15,19-23,25-27,35H,4-5,7-9,11-13,16-18H2,1-3H3,(H,32,36)/b10-6-/t19-,20-,22-,23+,25-,26-,27+,31-/m0/s1. The highest BCUT2D eigenvalue weighted by atomic mass is 16.6. The lowest BCUT2D eigenvalue weighted by Gasteiger charge is -2.43. The number of cyclic esters (lactones) is 1. The van der Waals surface area contributed by atoms with Gasteiger partial charge in [-0.25, -0.2) is 0 Å². The fourth-order valence-electron chi connectivity index (χ4n) is 7.48. The molecule has 41 heavy (non-hydrogen) atoms. The molecule has 4 heterocycles. The predicted octanol–water partition coefficient (Wildman–Crippen LogP) is 2.10. The third-order valence-corrected chi connectivity index (χ3v) is 9.87. The van der Waals surface area contributed by atoms with Crippen LogP contribution in [0.4, 0.5) is 0 Å². The Hall–Kier alpha value is -2.72. The number of esters is 1. The number of rotatable bonds is 5. The van der Waals surface area contributed by atoms with Gasteiger partial charge in [0.05, 0.1) is 31.2 Å². The highest BCUT2D eigenvalue weighted by molar-refractivity contribution is 5.99. The van der Waals surface area contributed by atoms with Crippen LogP contribution in [0.1, 0.15) is 72.1 Å². The van der Waals surface area contributed by atoms with E-state index >= 15 is 0 Å².